The summed E-state index contributed by atoms with van der Waals surface area (Å²) in [6.45, 7) is 2.34. The lowest BCUT2D eigenvalue weighted by atomic mass is 9.85. The molecule has 1 nitrogen and oxygen atoms in total. The fourth-order valence-electron chi connectivity index (χ4n) is 2.57. The molecular weight excluding hydrogens is 202 g/mol. The fraction of sp³-hybridized carbons (Fsp3) is 0.692. The second-order valence-electron chi connectivity index (χ2n) is 4.94. The minimum absolute atomic E-state index is 0.983. The largest absolute Gasteiger partial charge is 0.312 e. The first-order chi connectivity index (χ1) is 7.42. The van der Waals surface area contributed by atoms with Crippen molar-refractivity contribution in [1.82, 2.24) is 5.32 Å². The first-order valence-electron chi connectivity index (χ1n) is 6.23. The van der Waals surface area contributed by atoms with Gasteiger partial charge in [-0.05, 0) is 56.2 Å². The van der Waals surface area contributed by atoms with Gasteiger partial charge in [-0.3, -0.25) is 0 Å². The Bertz CT molecular complexity index is 317. The Kier molecular flexibility index (Phi) is 2.80. The van der Waals surface area contributed by atoms with Crippen molar-refractivity contribution in [3.63, 3.8) is 0 Å². The summed E-state index contributed by atoms with van der Waals surface area (Å²) in [6.07, 6.45) is 8.41. The monoisotopic (exact) mass is 221 g/mol. The van der Waals surface area contributed by atoms with Gasteiger partial charge in [0.05, 0.1) is 0 Å². The van der Waals surface area contributed by atoms with Gasteiger partial charge in [-0.15, -0.1) is 11.3 Å². The molecule has 0 atom stereocenters. The van der Waals surface area contributed by atoms with Crippen LogP contribution in [0.2, 0.25) is 0 Å². The van der Waals surface area contributed by atoms with Crippen LogP contribution in [0, 0.1) is 5.92 Å². The van der Waals surface area contributed by atoms with Crippen LogP contribution in [0.5, 0.6) is 0 Å². The predicted octanol–water partition coefficient (Wildman–Crippen LogP) is 3.13. The Labute approximate surface area is 95.9 Å². The molecule has 0 saturated heterocycles. The second-order valence-corrected chi connectivity index (χ2v) is 6.16. The van der Waals surface area contributed by atoms with E-state index in [2.05, 4.69) is 11.4 Å². The minimum atomic E-state index is 0.983. The molecule has 1 aromatic heterocycles. The minimum Gasteiger partial charge on any atom is -0.312 e. The van der Waals surface area contributed by atoms with E-state index in [1.165, 1.54) is 45.1 Å². The van der Waals surface area contributed by atoms with Crippen LogP contribution in [-0.2, 0) is 19.4 Å². The number of aryl methyl sites for hydroxylation is 2. The molecule has 2 aliphatic rings. The summed E-state index contributed by atoms with van der Waals surface area (Å²) in [7, 11) is 0. The molecule has 2 aliphatic carbocycles. The molecule has 1 fully saturated rings. The lowest BCUT2D eigenvalue weighted by Gasteiger charge is -2.25. The van der Waals surface area contributed by atoms with Gasteiger partial charge >= 0.3 is 0 Å². The van der Waals surface area contributed by atoms with Gasteiger partial charge in [0.1, 0.15) is 0 Å². The highest BCUT2D eigenvalue weighted by Crippen LogP contribution is 2.30. The highest BCUT2D eigenvalue weighted by Gasteiger charge is 2.17. The molecule has 1 aromatic rings. The van der Waals surface area contributed by atoms with E-state index in [9.17, 15) is 0 Å². The van der Waals surface area contributed by atoms with E-state index < -0.39 is 0 Å². The quantitative estimate of drug-likeness (QED) is 0.823. The molecule has 0 bridgehead atoms. The Morgan fingerprint density at radius 2 is 2.20 bits per heavy atom. The van der Waals surface area contributed by atoms with Crippen molar-refractivity contribution in [2.45, 2.75) is 45.1 Å². The van der Waals surface area contributed by atoms with Crippen LogP contribution < -0.4 is 5.32 Å². The van der Waals surface area contributed by atoms with Crippen molar-refractivity contribution in [2.24, 2.45) is 5.92 Å². The molecule has 1 saturated carbocycles. The zero-order valence-corrected chi connectivity index (χ0v) is 10.0. The number of nitrogens with one attached hydrogen (secondary N) is 1. The average Bonchev–Trinajstić information content (AvgIpc) is 2.68. The molecular formula is C13H19NS. The van der Waals surface area contributed by atoms with Gasteiger partial charge in [0.25, 0.3) is 0 Å². The van der Waals surface area contributed by atoms with Gasteiger partial charge in [-0.25, -0.2) is 0 Å². The third-order valence-electron chi connectivity index (χ3n) is 3.75. The van der Waals surface area contributed by atoms with Crippen LogP contribution in [0.1, 0.15) is 41.0 Å². The smallest absolute Gasteiger partial charge is 0.0300 e. The van der Waals surface area contributed by atoms with Gasteiger partial charge in [0, 0.05) is 16.3 Å². The Morgan fingerprint density at radius 1 is 1.27 bits per heavy atom. The number of rotatable bonds is 4. The molecule has 0 amide bonds. The van der Waals surface area contributed by atoms with Crippen molar-refractivity contribution in [3.05, 3.63) is 21.4 Å². The molecule has 15 heavy (non-hydrogen) atoms. The van der Waals surface area contributed by atoms with Crippen LogP contribution in [0.3, 0.4) is 0 Å². The molecule has 1 N–H and O–H groups in total. The van der Waals surface area contributed by atoms with E-state index >= 15 is 0 Å². The zero-order valence-electron chi connectivity index (χ0n) is 9.22. The maximum Gasteiger partial charge on any atom is 0.0300 e. The summed E-state index contributed by atoms with van der Waals surface area (Å²) in [4.78, 5) is 3.22. The molecule has 2 heteroatoms. The summed E-state index contributed by atoms with van der Waals surface area (Å²) in [5.41, 5.74) is 1.64. The summed E-state index contributed by atoms with van der Waals surface area (Å²) >= 11 is 2.04. The topological polar surface area (TPSA) is 12.0 Å². The van der Waals surface area contributed by atoms with Gasteiger partial charge in [0.15, 0.2) is 0 Å². The Hall–Kier alpha value is -0.340. The Balaban J connectivity index is 1.49. The van der Waals surface area contributed by atoms with Gasteiger partial charge in [0.2, 0.25) is 0 Å². The van der Waals surface area contributed by atoms with Crippen molar-refractivity contribution in [2.75, 3.05) is 6.54 Å². The number of fused-ring (bicyclic) bond motifs is 1. The van der Waals surface area contributed by atoms with Crippen LogP contribution in [0.25, 0.3) is 0 Å². The molecule has 0 radical (unpaired) electrons. The first-order valence-corrected chi connectivity index (χ1v) is 7.04. The van der Waals surface area contributed by atoms with E-state index in [4.69, 9.17) is 0 Å². The SMILES string of the molecule is c1c(CNCC2CCC2)sc2c1CCC2. The van der Waals surface area contributed by atoms with E-state index in [1.807, 2.05) is 11.3 Å². The second kappa shape index (κ2) is 4.26. The van der Waals surface area contributed by atoms with Crippen molar-refractivity contribution in [3.8, 4) is 0 Å². The number of thiophene rings is 1. The molecule has 82 valence electrons. The van der Waals surface area contributed by atoms with E-state index in [0.29, 0.717) is 0 Å². The van der Waals surface area contributed by atoms with Crippen molar-refractivity contribution < 1.29 is 0 Å². The molecule has 0 aromatic carbocycles. The van der Waals surface area contributed by atoms with Gasteiger partial charge < -0.3 is 5.32 Å². The van der Waals surface area contributed by atoms with Crippen molar-refractivity contribution >= 4 is 11.3 Å². The summed E-state index contributed by atoms with van der Waals surface area (Å²) < 4.78 is 0. The van der Waals surface area contributed by atoms with Gasteiger partial charge in [-0.2, -0.15) is 0 Å². The highest BCUT2D eigenvalue weighted by molar-refractivity contribution is 7.12. The van der Waals surface area contributed by atoms with Crippen LogP contribution in [-0.4, -0.2) is 6.54 Å². The average molecular weight is 221 g/mol. The summed E-state index contributed by atoms with van der Waals surface area (Å²) in [5, 5.41) is 3.60. The third kappa shape index (κ3) is 2.11. The lowest BCUT2D eigenvalue weighted by molar-refractivity contribution is 0.301. The molecule has 0 spiro atoms. The lowest BCUT2D eigenvalue weighted by Crippen LogP contribution is -2.26. The summed E-state index contributed by atoms with van der Waals surface area (Å²) in [6, 6.07) is 2.43. The Morgan fingerprint density at radius 3 is 2.93 bits per heavy atom. The first kappa shape index (κ1) is 9.86. The van der Waals surface area contributed by atoms with Crippen LogP contribution in [0.4, 0.5) is 0 Å². The van der Waals surface area contributed by atoms with Gasteiger partial charge in [-0.1, -0.05) is 6.42 Å². The van der Waals surface area contributed by atoms with E-state index in [0.717, 1.165) is 12.5 Å². The fourth-order valence-corrected chi connectivity index (χ4v) is 3.80. The van der Waals surface area contributed by atoms with E-state index in [1.54, 1.807) is 15.3 Å². The maximum absolute atomic E-state index is 3.60. The molecule has 3 rings (SSSR count). The predicted molar refractivity (Wildman–Crippen MR) is 65.4 cm³/mol. The highest BCUT2D eigenvalue weighted by atomic mass is 32.1. The number of hydrogen-bond acceptors (Lipinski definition) is 2. The normalized spacial score (nSPS) is 20.3. The van der Waals surface area contributed by atoms with Crippen LogP contribution >= 0.6 is 11.3 Å². The number of hydrogen-bond donors (Lipinski definition) is 1. The molecule has 0 aliphatic heterocycles. The summed E-state index contributed by atoms with van der Waals surface area (Å²) in [5.74, 6) is 0.983. The standard InChI is InChI=1S/C13H19NS/c1-3-10(4-1)8-14-9-12-7-11-5-2-6-13(11)15-12/h7,10,14H,1-6,8-9H2. The zero-order chi connectivity index (χ0) is 10.1. The maximum atomic E-state index is 3.60. The van der Waals surface area contributed by atoms with E-state index in [-0.39, 0.29) is 0 Å². The third-order valence-corrected chi connectivity index (χ3v) is 4.99. The van der Waals surface area contributed by atoms with Crippen LogP contribution in [0.15, 0.2) is 6.07 Å². The van der Waals surface area contributed by atoms with Crippen molar-refractivity contribution in [1.29, 1.82) is 0 Å². The molecule has 0 unspecified atom stereocenters. The molecule has 1 heterocycles.